The molecule has 0 aliphatic heterocycles. The van der Waals surface area contributed by atoms with Crippen molar-refractivity contribution in [2.24, 2.45) is 5.73 Å². The van der Waals surface area contributed by atoms with Crippen LogP contribution in [0.1, 0.15) is 12.5 Å². The van der Waals surface area contributed by atoms with E-state index in [9.17, 15) is 9.59 Å². The summed E-state index contributed by atoms with van der Waals surface area (Å²) in [6.45, 7) is 1.44. The van der Waals surface area contributed by atoms with E-state index in [2.05, 4.69) is 5.32 Å². The number of amides is 2. The zero-order valence-corrected chi connectivity index (χ0v) is 8.36. The molecule has 0 saturated carbocycles. The first-order valence-corrected chi connectivity index (χ1v) is 4.43. The molecular weight excluding hydrogens is 192 g/mol. The van der Waals surface area contributed by atoms with Crippen LogP contribution in [0, 0.1) is 0 Å². The van der Waals surface area contributed by atoms with E-state index >= 15 is 0 Å². The molecule has 0 atom stereocenters. The number of nitrogens with two attached hydrogens (primary N) is 1. The van der Waals surface area contributed by atoms with Crippen molar-refractivity contribution >= 4 is 23.6 Å². The fourth-order valence-electron chi connectivity index (χ4n) is 1.10. The van der Waals surface area contributed by atoms with Crippen LogP contribution in [0.5, 0.6) is 0 Å². The lowest BCUT2D eigenvalue weighted by atomic mass is 10.2. The predicted octanol–water partition coefficient (Wildman–Crippen LogP) is 1.14. The van der Waals surface area contributed by atoms with Crippen molar-refractivity contribution in [3.8, 4) is 0 Å². The molecule has 0 aromatic heterocycles. The number of carbonyl (C=O) groups is 2. The summed E-state index contributed by atoms with van der Waals surface area (Å²) in [5.74, 6) is -0.633. The van der Waals surface area contributed by atoms with Crippen LogP contribution >= 0.6 is 0 Å². The van der Waals surface area contributed by atoms with Gasteiger partial charge in [0.2, 0.25) is 11.8 Å². The Morgan fingerprint density at radius 2 is 2.13 bits per heavy atom. The van der Waals surface area contributed by atoms with Crippen LogP contribution < -0.4 is 11.1 Å². The SMILES string of the molecule is CC(=O)Nc1cccc(/C=C/C(N)=O)c1. The lowest BCUT2D eigenvalue weighted by molar-refractivity contribution is -0.114. The summed E-state index contributed by atoms with van der Waals surface area (Å²) in [5.41, 5.74) is 6.46. The van der Waals surface area contributed by atoms with E-state index in [1.54, 1.807) is 24.3 Å². The standard InChI is InChI=1S/C11H12N2O2/c1-8(14)13-10-4-2-3-9(7-10)5-6-11(12)15/h2-7H,1H3,(H2,12,15)(H,13,14)/b6-5+. The van der Waals surface area contributed by atoms with Gasteiger partial charge < -0.3 is 11.1 Å². The molecule has 0 saturated heterocycles. The number of hydrogen-bond donors (Lipinski definition) is 2. The van der Waals surface area contributed by atoms with E-state index in [0.717, 1.165) is 5.56 Å². The molecule has 0 radical (unpaired) electrons. The minimum absolute atomic E-state index is 0.133. The Balaban J connectivity index is 2.82. The number of anilines is 1. The monoisotopic (exact) mass is 204 g/mol. The van der Waals surface area contributed by atoms with Gasteiger partial charge in [-0.2, -0.15) is 0 Å². The lowest BCUT2D eigenvalue weighted by Crippen LogP contribution is -2.06. The molecule has 0 aliphatic rings. The van der Waals surface area contributed by atoms with Gasteiger partial charge in [0, 0.05) is 18.7 Å². The van der Waals surface area contributed by atoms with Crippen molar-refractivity contribution in [2.45, 2.75) is 6.92 Å². The van der Waals surface area contributed by atoms with Crippen LogP contribution in [0.25, 0.3) is 6.08 Å². The van der Waals surface area contributed by atoms with E-state index < -0.39 is 5.91 Å². The first-order valence-electron chi connectivity index (χ1n) is 4.43. The third-order valence-corrected chi connectivity index (χ3v) is 1.65. The molecule has 1 aromatic carbocycles. The van der Waals surface area contributed by atoms with E-state index in [1.165, 1.54) is 13.0 Å². The van der Waals surface area contributed by atoms with E-state index in [4.69, 9.17) is 5.73 Å². The minimum Gasteiger partial charge on any atom is -0.366 e. The second kappa shape index (κ2) is 4.95. The summed E-state index contributed by atoms with van der Waals surface area (Å²) in [6, 6.07) is 7.11. The molecule has 78 valence electrons. The molecule has 0 unspecified atom stereocenters. The molecule has 1 aromatic rings. The average Bonchev–Trinajstić information content (AvgIpc) is 2.14. The molecule has 2 amide bonds. The quantitative estimate of drug-likeness (QED) is 0.725. The van der Waals surface area contributed by atoms with Crippen LogP contribution in [0.15, 0.2) is 30.3 Å². The first-order chi connectivity index (χ1) is 7.08. The fourth-order valence-corrected chi connectivity index (χ4v) is 1.10. The minimum atomic E-state index is -0.500. The van der Waals surface area contributed by atoms with Crippen molar-refractivity contribution < 1.29 is 9.59 Å². The number of primary amides is 1. The Bertz CT molecular complexity index is 411. The van der Waals surface area contributed by atoms with Crippen molar-refractivity contribution in [3.05, 3.63) is 35.9 Å². The second-order valence-corrected chi connectivity index (χ2v) is 3.04. The van der Waals surface area contributed by atoms with Gasteiger partial charge in [0.1, 0.15) is 0 Å². The number of benzene rings is 1. The molecular formula is C11H12N2O2. The fraction of sp³-hybridized carbons (Fsp3) is 0.0909. The average molecular weight is 204 g/mol. The Kier molecular flexibility index (Phi) is 3.62. The summed E-state index contributed by atoms with van der Waals surface area (Å²) in [4.78, 5) is 21.3. The van der Waals surface area contributed by atoms with Gasteiger partial charge in [-0.3, -0.25) is 9.59 Å². The first kappa shape index (κ1) is 11.0. The molecule has 1 rings (SSSR count). The predicted molar refractivity (Wildman–Crippen MR) is 59.0 cm³/mol. The van der Waals surface area contributed by atoms with Crippen LogP contribution in [0.4, 0.5) is 5.69 Å². The van der Waals surface area contributed by atoms with Crippen LogP contribution in [-0.2, 0) is 9.59 Å². The molecule has 3 N–H and O–H groups in total. The van der Waals surface area contributed by atoms with Gasteiger partial charge in [-0.15, -0.1) is 0 Å². The molecule has 0 heterocycles. The second-order valence-electron chi connectivity index (χ2n) is 3.04. The van der Waals surface area contributed by atoms with Crippen LogP contribution in [-0.4, -0.2) is 11.8 Å². The third-order valence-electron chi connectivity index (χ3n) is 1.65. The molecule has 0 spiro atoms. The molecule has 4 nitrogen and oxygen atoms in total. The summed E-state index contributed by atoms with van der Waals surface area (Å²) in [7, 11) is 0. The van der Waals surface area contributed by atoms with E-state index in [1.807, 2.05) is 6.07 Å². The van der Waals surface area contributed by atoms with Gasteiger partial charge in [-0.05, 0) is 23.8 Å². The molecule has 4 heteroatoms. The van der Waals surface area contributed by atoms with Crippen molar-refractivity contribution in [3.63, 3.8) is 0 Å². The van der Waals surface area contributed by atoms with Gasteiger partial charge in [-0.25, -0.2) is 0 Å². The third kappa shape index (κ3) is 4.08. The Labute approximate surface area is 87.8 Å². The number of nitrogens with one attached hydrogen (secondary N) is 1. The van der Waals surface area contributed by atoms with Crippen molar-refractivity contribution in [1.29, 1.82) is 0 Å². The lowest BCUT2D eigenvalue weighted by Gasteiger charge is -2.02. The van der Waals surface area contributed by atoms with Gasteiger partial charge in [0.25, 0.3) is 0 Å². The number of carbonyl (C=O) groups excluding carboxylic acids is 2. The smallest absolute Gasteiger partial charge is 0.241 e. The van der Waals surface area contributed by atoms with Gasteiger partial charge in [0.15, 0.2) is 0 Å². The zero-order valence-electron chi connectivity index (χ0n) is 8.36. The highest BCUT2D eigenvalue weighted by Crippen LogP contribution is 2.11. The summed E-state index contributed by atoms with van der Waals surface area (Å²) < 4.78 is 0. The summed E-state index contributed by atoms with van der Waals surface area (Å²) in [6.07, 6.45) is 2.86. The van der Waals surface area contributed by atoms with E-state index in [-0.39, 0.29) is 5.91 Å². The highest BCUT2D eigenvalue weighted by molar-refractivity contribution is 5.91. The summed E-state index contributed by atoms with van der Waals surface area (Å²) >= 11 is 0. The maximum atomic E-state index is 10.8. The molecule has 0 aliphatic carbocycles. The zero-order chi connectivity index (χ0) is 11.3. The Hall–Kier alpha value is -2.10. The molecule has 15 heavy (non-hydrogen) atoms. The van der Waals surface area contributed by atoms with E-state index in [0.29, 0.717) is 5.69 Å². The van der Waals surface area contributed by atoms with Crippen molar-refractivity contribution in [2.75, 3.05) is 5.32 Å². The van der Waals surface area contributed by atoms with Crippen LogP contribution in [0.2, 0.25) is 0 Å². The molecule has 0 bridgehead atoms. The Morgan fingerprint density at radius 1 is 1.40 bits per heavy atom. The molecule has 0 fully saturated rings. The highest BCUT2D eigenvalue weighted by Gasteiger charge is 1.95. The summed E-state index contributed by atoms with van der Waals surface area (Å²) in [5, 5.41) is 2.64. The Morgan fingerprint density at radius 3 is 2.73 bits per heavy atom. The van der Waals surface area contributed by atoms with Gasteiger partial charge >= 0.3 is 0 Å². The number of hydrogen-bond acceptors (Lipinski definition) is 2. The van der Waals surface area contributed by atoms with Gasteiger partial charge in [-0.1, -0.05) is 12.1 Å². The topological polar surface area (TPSA) is 72.2 Å². The highest BCUT2D eigenvalue weighted by atomic mass is 16.1. The largest absolute Gasteiger partial charge is 0.366 e. The van der Waals surface area contributed by atoms with Crippen molar-refractivity contribution in [1.82, 2.24) is 0 Å². The number of rotatable bonds is 3. The maximum absolute atomic E-state index is 10.8. The normalized spacial score (nSPS) is 10.2. The maximum Gasteiger partial charge on any atom is 0.241 e. The van der Waals surface area contributed by atoms with Gasteiger partial charge in [0.05, 0.1) is 0 Å². The van der Waals surface area contributed by atoms with Crippen LogP contribution in [0.3, 0.4) is 0 Å².